The third kappa shape index (κ3) is 8.98. The van der Waals surface area contributed by atoms with Crippen LogP contribution in [-0.4, -0.2) is 31.8 Å². The topological polar surface area (TPSA) is 74.8 Å². The van der Waals surface area contributed by atoms with Gasteiger partial charge in [0, 0.05) is 24.8 Å². The molecular formula is C18H19F4IN4O2. The molecule has 0 fully saturated rings. The van der Waals surface area contributed by atoms with Gasteiger partial charge in [-0.15, -0.1) is 37.1 Å². The van der Waals surface area contributed by atoms with Gasteiger partial charge in [0.2, 0.25) is 5.91 Å². The summed E-state index contributed by atoms with van der Waals surface area (Å²) in [6, 6.07) is 10.9. The number of hydrogen-bond acceptors (Lipinski definition) is 3. The van der Waals surface area contributed by atoms with E-state index in [1.807, 2.05) is 0 Å². The molecular weight excluding hydrogens is 507 g/mol. The van der Waals surface area contributed by atoms with E-state index in [1.165, 1.54) is 49.5 Å². The van der Waals surface area contributed by atoms with Crippen LogP contribution in [0.2, 0.25) is 0 Å². The maximum absolute atomic E-state index is 12.8. The van der Waals surface area contributed by atoms with Crippen LogP contribution >= 0.6 is 24.0 Å². The van der Waals surface area contributed by atoms with Crippen molar-refractivity contribution >= 4 is 41.5 Å². The summed E-state index contributed by atoms with van der Waals surface area (Å²) >= 11 is 0. The van der Waals surface area contributed by atoms with Gasteiger partial charge >= 0.3 is 6.36 Å². The lowest BCUT2D eigenvalue weighted by molar-refractivity contribution is -0.274. The van der Waals surface area contributed by atoms with Crippen LogP contribution in [-0.2, 0) is 11.3 Å². The summed E-state index contributed by atoms with van der Waals surface area (Å²) in [4.78, 5) is 15.8. The molecule has 0 aliphatic carbocycles. The van der Waals surface area contributed by atoms with Crippen molar-refractivity contribution in [3.05, 3.63) is 59.9 Å². The second kappa shape index (κ2) is 11.4. The third-order valence-corrected chi connectivity index (χ3v) is 3.41. The van der Waals surface area contributed by atoms with Gasteiger partial charge in [0.05, 0.1) is 6.54 Å². The van der Waals surface area contributed by atoms with Gasteiger partial charge in [0.15, 0.2) is 5.96 Å². The summed E-state index contributed by atoms with van der Waals surface area (Å²) in [7, 11) is 1.45. The van der Waals surface area contributed by atoms with Crippen LogP contribution in [0.25, 0.3) is 0 Å². The van der Waals surface area contributed by atoms with Gasteiger partial charge in [-0.25, -0.2) is 4.39 Å². The quantitative estimate of drug-likeness (QED) is 0.233. The van der Waals surface area contributed by atoms with E-state index in [-0.39, 0.29) is 54.3 Å². The van der Waals surface area contributed by atoms with E-state index < -0.39 is 18.1 Å². The lowest BCUT2D eigenvalue weighted by atomic mass is 10.2. The number of carbonyl (C=O) groups excluding carboxylic acids is 1. The number of rotatable bonds is 6. The first-order chi connectivity index (χ1) is 13.3. The molecule has 2 rings (SSSR count). The molecule has 0 aromatic heterocycles. The molecule has 158 valence electrons. The zero-order valence-electron chi connectivity index (χ0n) is 15.2. The fraction of sp³-hybridized carbons (Fsp3) is 0.222. The number of para-hydroxylation sites is 1. The number of benzene rings is 2. The second-order valence-corrected chi connectivity index (χ2v) is 5.49. The molecule has 1 amide bonds. The number of alkyl halides is 3. The Hall–Kier alpha value is -2.57. The van der Waals surface area contributed by atoms with Crippen molar-refractivity contribution < 1.29 is 27.1 Å². The van der Waals surface area contributed by atoms with Gasteiger partial charge in [-0.3, -0.25) is 9.79 Å². The normalized spacial score (nSPS) is 11.3. The monoisotopic (exact) mass is 526 g/mol. The van der Waals surface area contributed by atoms with Gasteiger partial charge < -0.3 is 20.7 Å². The highest BCUT2D eigenvalue weighted by molar-refractivity contribution is 14.0. The van der Waals surface area contributed by atoms with Gasteiger partial charge in [0.25, 0.3) is 0 Å². The average molecular weight is 526 g/mol. The van der Waals surface area contributed by atoms with Crippen molar-refractivity contribution in [2.24, 2.45) is 4.99 Å². The number of hydrogen-bond donors (Lipinski definition) is 3. The van der Waals surface area contributed by atoms with Crippen molar-refractivity contribution in [3.63, 3.8) is 0 Å². The third-order valence-electron chi connectivity index (χ3n) is 3.41. The Labute approximate surface area is 181 Å². The lowest BCUT2D eigenvalue weighted by Crippen LogP contribution is -2.41. The van der Waals surface area contributed by atoms with Crippen molar-refractivity contribution in [2.45, 2.75) is 12.9 Å². The summed E-state index contributed by atoms with van der Waals surface area (Å²) < 4.78 is 54.2. The molecule has 0 atom stereocenters. The molecule has 11 heteroatoms. The Balaban J connectivity index is 0.00000420. The molecule has 0 aliphatic rings. The number of anilines is 1. The number of aliphatic imine (C=N–C) groups is 1. The van der Waals surface area contributed by atoms with E-state index in [2.05, 4.69) is 25.7 Å². The predicted molar refractivity (Wildman–Crippen MR) is 112 cm³/mol. The Kier molecular flexibility index (Phi) is 9.65. The minimum Gasteiger partial charge on any atom is -0.405 e. The standard InChI is InChI=1S/C18H18F4N4O2.HI/c1-23-17(25-11-16(27)26-14-8-6-13(19)7-9-14)24-10-12-4-2-3-5-15(12)28-18(20,21)22;/h2-9H,10-11H2,1H3,(H,26,27)(H2,23,24,25);1H. The summed E-state index contributed by atoms with van der Waals surface area (Å²) in [5.41, 5.74) is 0.688. The largest absolute Gasteiger partial charge is 0.573 e. The molecule has 2 aromatic rings. The number of nitrogens with one attached hydrogen (secondary N) is 3. The van der Waals surface area contributed by atoms with Gasteiger partial charge in [-0.2, -0.15) is 0 Å². The first-order valence-corrected chi connectivity index (χ1v) is 8.10. The fourth-order valence-electron chi connectivity index (χ4n) is 2.18. The predicted octanol–water partition coefficient (Wildman–Crippen LogP) is 3.65. The average Bonchev–Trinajstić information content (AvgIpc) is 2.64. The molecule has 29 heavy (non-hydrogen) atoms. The minimum atomic E-state index is -4.80. The summed E-state index contributed by atoms with van der Waals surface area (Å²) in [6.07, 6.45) is -4.80. The summed E-state index contributed by atoms with van der Waals surface area (Å²) in [5, 5.41) is 8.09. The zero-order valence-corrected chi connectivity index (χ0v) is 17.5. The van der Waals surface area contributed by atoms with Crippen molar-refractivity contribution in [2.75, 3.05) is 18.9 Å². The molecule has 0 spiro atoms. The molecule has 0 saturated heterocycles. The van der Waals surface area contributed by atoms with E-state index in [0.29, 0.717) is 5.69 Å². The molecule has 0 unspecified atom stereocenters. The molecule has 0 radical (unpaired) electrons. The zero-order chi connectivity index (χ0) is 20.6. The van der Waals surface area contributed by atoms with Gasteiger partial charge in [-0.05, 0) is 30.3 Å². The van der Waals surface area contributed by atoms with Gasteiger partial charge in [-0.1, -0.05) is 18.2 Å². The van der Waals surface area contributed by atoms with E-state index in [4.69, 9.17) is 0 Å². The van der Waals surface area contributed by atoms with E-state index in [1.54, 1.807) is 6.07 Å². The first kappa shape index (κ1) is 24.5. The Morgan fingerprint density at radius 3 is 2.34 bits per heavy atom. The van der Waals surface area contributed by atoms with E-state index >= 15 is 0 Å². The van der Waals surface area contributed by atoms with E-state index in [9.17, 15) is 22.4 Å². The number of nitrogens with zero attached hydrogens (tertiary/aromatic N) is 1. The summed E-state index contributed by atoms with van der Waals surface area (Å²) in [5.74, 6) is -0.950. The van der Waals surface area contributed by atoms with Crippen LogP contribution in [0.3, 0.4) is 0 Å². The van der Waals surface area contributed by atoms with Crippen LogP contribution in [0.4, 0.5) is 23.2 Å². The molecule has 2 aromatic carbocycles. The second-order valence-electron chi connectivity index (χ2n) is 5.49. The fourth-order valence-corrected chi connectivity index (χ4v) is 2.18. The summed E-state index contributed by atoms with van der Waals surface area (Å²) in [6.45, 7) is -0.163. The highest BCUT2D eigenvalue weighted by Crippen LogP contribution is 2.26. The molecule has 3 N–H and O–H groups in total. The molecule has 0 saturated carbocycles. The SMILES string of the molecule is CN=C(NCC(=O)Nc1ccc(F)cc1)NCc1ccccc1OC(F)(F)F.I. The van der Waals surface area contributed by atoms with Crippen LogP contribution in [0, 0.1) is 5.82 Å². The van der Waals surface area contributed by atoms with Crippen molar-refractivity contribution in [1.29, 1.82) is 0 Å². The van der Waals surface area contributed by atoms with Gasteiger partial charge in [0.1, 0.15) is 11.6 Å². The van der Waals surface area contributed by atoms with Crippen LogP contribution < -0.4 is 20.7 Å². The number of halogens is 5. The molecule has 0 aliphatic heterocycles. The smallest absolute Gasteiger partial charge is 0.405 e. The first-order valence-electron chi connectivity index (χ1n) is 8.10. The number of guanidine groups is 1. The van der Waals surface area contributed by atoms with Crippen LogP contribution in [0.1, 0.15) is 5.56 Å². The minimum absolute atomic E-state index is 0. The van der Waals surface area contributed by atoms with E-state index in [0.717, 1.165) is 0 Å². The number of amides is 1. The van der Waals surface area contributed by atoms with Crippen molar-refractivity contribution in [3.8, 4) is 5.75 Å². The number of carbonyl (C=O) groups is 1. The molecule has 0 bridgehead atoms. The lowest BCUT2D eigenvalue weighted by Gasteiger charge is -2.15. The maximum Gasteiger partial charge on any atom is 0.573 e. The number of ether oxygens (including phenoxy) is 1. The Morgan fingerprint density at radius 1 is 1.07 bits per heavy atom. The molecule has 6 nitrogen and oxygen atoms in total. The molecule has 0 heterocycles. The Morgan fingerprint density at radius 2 is 1.72 bits per heavy atom. The Bertz CT molecular complexity index is 829. The highest BCUT2D eigenvalue weighted by Gasteiger charge is 2.31. The van der Waals surface area contributed by atoms with Crippen LogP contribution in [0.15, 0.2) is 53.5 Å². The highest BCUT2D eigenvalue weighted by atomic mass is 127. The van der Waals surface area contributed by atoms with Crippen LogP contribution in [0.5, 0.6) is 5.75 Å². The van der Waals surface area contributed by atoms with Crippen molar-refractivity contribution in [1.82, 2.24) is 10.6 Å². The maximum atomic E-state index is 12.8.